The van der Waals surface area contributed by atoms with Crippen molar-refractivity contribution in [2.45, 2.75) is 96.9 Å². The zero-order valence-electron chi connectivity index (χ0n) is 26.4. The molecule has 0 saturated heterocycles. The highest BCUT2D eigenvalue weighted by molar-refractivity contribution is 7.89. The molecule has 234 valence electrons. The Morgan fingerprint density at radius 2 is 1.93 bits per heavy atom. The van der Waals surface area contributed by atoms with Gasteiger partial charge in [0, 0.05) is 37.7 Å². The van der Waals surface area contributed by atoms with Gasteiger partial charge in [0.05, 0.1) is 12.1 Å². The summed E-state index contributed by atoms with van der Waals surface area (Å²) in [6, 6.07) is 13.4. The normalized spacial score (nSPS) is 17.8. The summed E-state index contributed by atoms with van der Waals surface area (Å²) in [5, 5.41) is 11.9. The third-order valence-corrected chi connectivity index (χ3v) is 10.5. The molecule has 0 fully saturated rings. The van der Waals surface area contributed by atoms with E-state index < -0.39 is 10.0 Å². The number of amides is 1. The Balaban J connectivity index is 1.56. The molecule has 0 radical (unpaired) electrons. The number of aryl methyl sites for hydroxylation is 3. The van der Waals surface area contributed by atoms with Crippen molar-refractivity contribution in [3.8, 4) is 5.88 Å². The minimum absolute atomic E-state index is 0.0367. The van der Waals surface area contributed by atoms with Crippen LogP contribution < -0.4 is 10.1 Å². The van der Waals surface area contributed by atoms with Gasteiger partial charge in [0.1, 0.15) is 16.5 Å². The summed E-state index contributed by atoms with van der Waals surface area (Å²) in [6.45, 7) is 13.2. The van der Waals surface area contributed by atoms with Gasteiger partial charge in [-0.3, -0.25) is 4.79 Å². The molecule has 1 aliphatic heterocycles. The predicted octanol–water partition coefficient (Wildman–Crippen LogP) is 5.26. The summed E-state index contributed by atoms with van der Waals surface area (Å²) in [5.74, 6) is -0.164. The molecular formula is C33H42N6O4S. The number of nitrogens with zero attached hydrogens (tertiary/aromatic N) is 5. The Morgan fingerprint density at radius 1 is 1.14 bits per heavy atom. The number of carbonyl (C=O) groups excluding carboxylic acids is 1. The van der Waals surface area contributed by atoms with E-state index in [0.29, 0.717) is 13.0 Å². The largest absolute Gasteiger partial charge is 0.472 e. The Kier molecular flexibility index (Phi) is 9.36. The smallest absolute Gasteiger partial charge is 0.248 e. The number of fused-ring (bicyclic) bond motifs is 2. The van der Waals surface area contributed by atoms with Gasteiger partial charge in [0.25, 0.3) is 0 Å². The molecule has 11 heteroatoms. The van der Waals surface area contributed by atoms with Gasteiger partial charge < -0.3 is 10.1 Å². The number of hydrogen-bond donors (Lipinski definition) is 1. The van der Waals surface area contributed by atoms with E-state index in [4.69, 9.17) is 4.74 Å². The van der Waals surface area contributed by atoms with Crippen molar-refractivity contribution in [3.05, 3.63) is 76.5 Å². The number of benzene rings is 2. The number of rotatable bonds is 10. The first-order valence-corrected chi connectivity index (χ1v) is 16.8. The van der Waals surface area contributed by atoms with Crippen molar-refractivity contribution in [1.82, 2.24) is 29.6 Å². The van der Waals surface area contributed by atoms with Gasteiger partial charge in [0.15, 0.2) is 0 Å². The van der Waals surface area contributed by atoms with Crippen LogP contribution >= 0.6 is 0 Å². The van der Waals surface area contributed by atoms with E-state index in [-0.39, 0.29) is 54.3 Å². The van der Waals surface area contributed by atoms with E-state index in [1.54, 1.807) is 18.3 Å². The maximum Gasteiger partial charge on any atom is 0.248 e. The van der Waals surface area contributed by atoms with Crippen LogP contribution in [0.15, 0.2) is 53.6 Å². The first kappa shape index (κ1) is 31.6. The molecule has 1 N–H and O–H groups in total. The first-order chi connectivity index (χ1) is 21.1. The second kappa shape index (κ2) is 13.0. The molecule has 0 saturated carbocycles. The molecule has 2 aromatic heterocycles. The van der Waals surface area contributed by atoms with Crippen LogP contribution in [0.25, 0.3) is 11.0 Å². The van der Waals surface area contributed by atoms with Gasteiger partial charge >= 0.3 is 0 Å². The number of ether oxygens (including phenoxy) is 1. The quantitative estimate of drug-likeness (QED) is 0.257. The second-order valence-corrected chi connectivity index (χ2v) is 13.5. The summed E-state index contributed by atoms with van der Waals surface area (Å²) in [4.78, 5) is 17.6. The third-order valence-electron chi connectivity index (χ3n) is 8.68. The zero-order valence-corrected chi connectivity index (χ0v) is 27.2. The standard InChI is InChI=1S/C33H42N6O4S/c1-7-22(5)35-31(40)18-28(27-14-15-29-32(23(27)6)36-37-39(29)9-3)24-13-12-21(4)25(17-24)19-38-20-26(8-2)43-33-30(44(38,41)42)11-10-16-34-33/h10-17,22,26,28H,7-9,18-20H2,1-6H3,(H,35,40)/t22-,26+,28-/m0/s1. The third kappa shape index (κ3) is 6.21. The first-order valence-electron chi connectivity index (χ1n) is 15.4. The highest BCUT2D eigenvalue weighted by atomic mass is 32.2. The summed E-state index contributed by atoms with van der Waals surface area (Å²) in [5.41, 5.74) is 6.52. The molecule has 0 bridgehead atoms. The van der Waals surface area contributed by atoms with Crippen LogP contribution in [0.2, 0.25) is 0 Å². The lowest BCUT2D eigenvalue weighted by molar-refractivity contribution is -0.121. The number of sulfonamides is 1. The molecular weight excluding hydrogens is 576 g/mol. The maximum absolute atomic E-state index is 13.9. The van der Waals surface area contributed by atoms with Gasteiger partial charge in [-0.15, -0.1) is 5.10 Å². The SMILES string of the molecule is CC[C@@H]1CN(Cc2cc([C@H](CC(=O)N[C@@H](C)CC)c3ccc4c(nnn4CC)c3C)ccc2C)S(=O)(=O)c2cccnc2O1. The lowest BCUT2D eigenvalue weighted by Crippen LogP contribution is -2.36. The number of pyridine rings is 1. The Bertz CT molecular complexity index is 1770. The predicted molar refractivity (Wildman–Crippen MR) is 170 cm³/mol. The van der Waals surface area contributed by atoms with Crippen LogP contribution in [-0.2, 0) is 27.9 Å². The van der Waals surface area contributed by atoms with Gasteiger partial charge in [-0.25, -0.2) is 18.1 Å². The molecule has 2 aromatic carbocycles. The Morgan fingerprint density at radius 3 is 2.66 bits per heavy atom. The molecule has 0 aliphatic carbocycles. The minimum atomic E-state index is -3.87. The van der Waals surface area contributed by atoms with Gasteiger partial charge in [-0.2, -0.15) is 4.31 Å². The van der Waals surface area contributed by atoms with Crippen molar-refractivity contribution >= 4 is 27.0 Å². The number of aromatic nitrogens is 4. The summed E-state index contributed by atoms with van der Waals surface area (Å²) in [7, 11) is -3.87. The van der Waals surface area contributed by atoms with Crippen molar-refractivity contribution in [2.24, 2.45) is 0 Å². The molecule has 5 rings (SSSR count). The zero-order chi connectivity index (χ0) is 31.6. The van der Waals surface area contributed by atoms with E-state index in [1.807, 2.05) is 64.4 Å². The fourth-order valence-electron chi connectivity index (χ4n) is 5.77. The monoisotopic (exact) mass is 618 g/mol. The highest BCUT2D eigenvalue weighted by Gasteiger charge is 2.35. The topological polar surface area (TPSA) is 119 Å². The van der Waals surface area contributed by atoms with E-state index in [1.165, 1.54) is 4.31 Å². The molecule has 1 amide bonds. The van der Waals surface area contributed by atoms with Crippen LogP contribution in [0.4, 0.5) is 0 Å². The molecule has 44 heavy (non-hydrogen) atoms. The number of nitrogens with one attached hydrogen (secondary N) is 1. The minimum Gasteiger partial charge on any atom is -0.472 e. The van der Waals surface area contributed by atoms with Gasteiger partial charge in [0.2, 0.25) is 21.8 Å². The fraction of sp³-hybridized carbons (Fsp3) is 0.455. The van der Waals surface area contributed by atoms with Crippen molar-refractivity contribution in [1.29, 1.82) is 0 Å². The van der Waals surface area contributed by atoms with Crippen LogP contribution in [0.1, 0.15) is 80.7 Å². The average Bonchev–Trinajstić information content (AvgIpc) is 3.40. The molecule has 4 aromatic rings. The Hall–Kier alpha value is -3.83. The summed E-state index contributed by atoms with van der Waals surface area (Å²) < 4.78 is 37.1. The van der Waals surface area contributed by atoms with Crippen molar-refractivity contribution in [3.63, 3.8) is 0 Å². The lowest BCUT2D eigenvalue weighted by atomic mass is 9.84. The maximum atomic E-state index is 13.9. The van der Waals surface area contributed by atoms with E-state index >= 15 is 0 Å². The van der Waals surface area contributed by atoms with Gasteiger partial charge in [-0.05, 0) is 86.6 Å². The molecule has 0 spiro atoms. The molecule has 3 heterocycles. The van der Waals surface area contributed by atoms with Crippen LogP contribution in [0.3, 0.4) is 0 Å². The van der Waals surface area contributed by atoms with Gasteiger partial charge in [-0.1, -0.05) is 43.3 Å². The second-order valence-electron chi connectivity index (χ2n) is 11.6. The lowest BCUT2D eigenvalue weighted by Gasteiger charge is -2.25. The molecule has 1 aliphatic rings. The van der Waals surface area contributed by atoms with E-state index in [9.17, 15) is 13.2 Å². The van der Waals surface area contributed by atoms with E-state index in [0.717, 1.165) is 45.3 Å². The average molecular weight is 619 g/mol. The Labute approximate surface area is 259 Å². The van der Waals surface area contributed by atoms with Crippen molar-refractivity contribution < 1.29 is 17.9 Å². The van der Waals surface area contributed by atoms with E-state index in [2.05, 4.69) is 32.7 Å². The summed E-state index contributed by atoms with van der Waals surface area (Å²) in [6.07, 6.45) is 2.94. The van der Waals surface area contributed by atoms with Crippen LogP contribution in [-0.4, -0.2) is 57.3 Å². The molecule has 0 unspecified atom stereocenters. The van der Waals surface area contributed by atoms with Crippen LogP contribution in [0.5, 0.6) is 5.88 Å². The molecule has 10 nitrogen and oxygen atoms in total. The molecule has 3 atom stereocenters. The van der Waals surface area contributed by atoms with Crippen molar-refractivity contribution in [2.75, 3.05) is 6.54 Å². The van der Waals surface area contributed by atoms with Crippen LogP contribution in [0, 0.1) is 13.8 Å². The number of hydrogen-bond acceptors (Lipinski definition) is 7. The highest BCUT2D eigenvalue weighted by Crippen LogP contribution is 2.36. The number of carbonyl (C=O) groups is 1. The fourth-order valence-corrected chi connectivity index (χ4v) is 7.30. The summed E-state index contributed by atoms with van der Waals surface area (Å²) >= 11 is 0.